The first-order chi connectivity index (χ1) is 33.7. The lowest BCUT2D eigenvalue weighted by Crippen LogP contribution is -2.19. The van der Waals surface area contributed by atoms with E-state index >= 15 is 0 Å². The van der Waals surface area contributed by atoms with Crippen LogP contribution in [0, 0.1) is 6.92 Å². The Morgan fingerprint density at radius 2 is 0.686 bits per heavy atom. The molecule has 6 heteroatoms. The smallest absolute Gasteiger partial charge is 0.193 e. The maximum Gasteiger partial charge on any atom is 0.193 e. The monoisotopic (exact) mass is 922 g/mol. The molecule has 0 radical (unpaired) electrons. The number of carbonyl (C=O) groups excluding carboxylic acids is 2. The van der Waals surface area contributed by atoms with Gasteiger partial charge in [0.25, 0.3) is 0 Å². The summed E-state index contributed by atoms with van der Waals surface area (Å²) in [5, 5.41) is 0. The highest BCUT2D eigenvalue weighted by molar-refractivity contribution is 6.09. The molecule has 0 atom stereocenters. The molecule has 0 aliphatic rings. The molecular formula is C64H58O6. The van der Waals surface area contributed by atoms with Crippen molar-refractivity contribution < 1.29 is 28.5 Å². The van der Waals surface area contributed by atoms with Crippen molar-refractivity contribution in [2.24, 2.45) is 0 Å². The van der Waals surface area contributed by atoms with Gasteiger partial charge in [0.15, 0.2) is 11.6 Å². The van der Waals surface area contributed by atoms with E-state index in [0.29, 0.717) is 51.0 Å². The first-order valence-electron chi connectivity index (χ1n) is 23.5. The molecule has 0 aliphatic heterocycles. The van der Waals surface area contributed by atoms with Gasteiger partial charge < -0.3 is 18.9 Å². The number of allylic oxidation sites excluding steroid dienone is 2. The van der Waals surface area contributed by atoms with Gasteiger partial charge in [0, 0.05) is 44.2 Å². The van der Waals surface area contributed by atoms with E-state index in [4.69, 9.17) is 18.9 Å². The van der Waals surface area contributed by atoms with Crippen molar-refractivity contribution in [3.63, 3.8) is 0 Å². The van der Waals surface area contributed by atoms with Gasteiger partial charge in [0.1, 0.15) is 40.2 Å². The van der Waals surface area contributed by atoms with E-state index in [1.807, 2.05) is 130 Å². The summed E-state index contributed by atoms with van der Waals surface area (Å²) in [6.07, 6.45) is 8.14. The summed E-state index contributed by atoms with van der Waals surface area (Å²) in [4.78, 5) is 26.5. The largest absolute Gasteiger partial charge is 0.496 e. The van der Waals surface area contributed by atoms with Gasteiger partial charge in [-0.25, -0.2) is 0 Å². The zero-order chi connectivity index (χ0) is 49.4. The molecular weight excluding hydrogens is 865 g/mol. The first kappa shape index (κ1) is 48.2. The lowest BCUT2D eigenvalue weighted by Gasteiger charge is -2.28. The van der Waals surface area contributed by atoms with E-state index in [2.05, 4.69) is 88.4 Å². The second kappa shape index (κ2) is 21.0. The molecule has 0 spiro atoms. The summed E-state index contributed by atoms with van der Waals surface area (Å²) < 4.78 is 24.3. The minimum absolute atomic E-state index is 0.0186. The van der Waals surface area contributed by atoms with E-state index in [1.54, 1.807) is 43.5 Å². The molecule has 8 rings (SSSR count). The zero-order valence-electron chi connectivity index (χ0n) is 41.1. The number of hydrogen-bond donors (Lipinski definition) is 0. The third kappa shape index (κ3) is 10.9. The van der Waals surface area contributed by atoms with Crippen molar-refractivity contribution in [1.82, 2.24) is 0 Å². The van der Waals surface area contributed by atoms with Crippen LogP contribution in [0.3, 0.4) is 0 Å². The fourth-order valence-electron chi connectivity index (χ4n) is 8.45. The molecule has 0 aliphatic carbocycles. The molecule has 8 aromatic rings. The number of carbonyl (C=O) groups is 2. The Morgan fingerprint density at radius 3 is 1.06 bits per heavy atom. The Kier molecular flexibility index (Phi) is 14.5. The highest BCUT2D eigenvalue weighted by atomic mass is 16.5. The van der Waals surface area contributed by atoms with Crippen molar-refractivity contribution in [3.8, 4) is 40.2 Å². The van der Waals surface area contributed by atoms with Crippen LogP contribution in [0.15, 0.2) is 194 Å². The zero-order valence-corrected chi connectivity index (χ0v) is 41.1. The van der Waals surface area contributed by atoms with Crippen LogP contribution in [-0.4, -0.2) is 18.7 Å². The van der Waals surface area contributed by atoms with E-state index < -0.39 is 0 Å². The number of rotatable bonds is 17. The lowest BCUT2D eigenvalue weighted by atomic mass is 9.77. The quantitative estimate of drug-likeness (QED) is 0.0848. The van der Waals surface area contributed by atoms with Crippen LogP contribution in [0.1, 0.15) is 112 Å². The molecule has 0 amide bonds. The molecule has 0 aromatic heterocycles. The van der Waals surface area contributed by atoms with Gasteiger partial charge in [0.2, 0.25) is 0 Å². The maximum atomic E-state index is 13.6. The summed E-state index contributed by atoms with van der Waals surface area (Å²) in [6, 6.07) is 58.1. The number of benzene rings is 8. The summed E-state index contributed by atoms with van der Waals surface area (Å²) in [5.41, 5.74) is 9.51. The van der Waals surface area contributed by atoms with Crippen LogP contribution in [-0.2, 0) is 10.8 Å². The van der Waals surface area contributed by atoms with Crippen molar-refractivity contribution in [1.29, 1.82) is 0 Å². The number of ketones is 2. The predicted octanol–water partition coefficient (Wildman–Crippen LogP) is 16.6. The Labute approximate surface area is 412 Å². The number of aryl methyl sites for hydroxylation is 1. The van der Waals surface area contributed by atoms with Gasteiger partial charge in [0.05, 0.1) is 7.11 Å². The van der Waals surface area contributed by atoms with Crippen LogP contribution in [0.5, 0.6) is 40.2 Å². The second-order valence-corrected chi connectivity index (χ2v) is 18.4. The van der Waals surface area contributed by atoms with Gasteiger partial charge in [-0.05, 0) is 164 Å². The van der Waals surface area contributed by atoms with Gasteiger partial charge >= 0.3 is 0 Å². The van der Waals surface area contributed by atoms with Crippen LogP contribution < -0.4 is 18.9 Å². The number of ether oxygens (including phenoxy) is 4. The summed E-state index contributed by atoms with van der Waals surface area (Å²) >= 11 is 0. The first-order valence-corrected chi connectivity index (χ1v) is 23.5. The third-order valence-corrected chi connectivity index (χ3v) is 12.9. The standard InChI is InChI=1S/C64H58O6/c1-9-11-48-41-52(27-39-59(48)67-8)64(6,7)53-28-40-60(49(42-53)12-10-2)70-58-33-21-47(22-34-58)62(66)46-19-31-55(32-20-46)69-57-37-25-51(26-38-57)63(4,5)50-23-35-56(36-24-50)68-54-29-17-45(18-30-54)61(65)44-15-13-43(3)14-16-44/h9-42H,1-8H3/b11-9-,12-10-. The van der Waals surface area contributed by atoms with Gasteiger partial charge in [-0.3, -0.25) is 9.59 Å². The molecule has 0 heterocycles. The van der Waals surface area contributed by atoms with Crippen molar-refractivity contribution in [2.45, 2.75) is 59.3 Å². The molecule has 0 bridgehead atoms. The van der Waals surface area contributed by atoms with Crippen LogP contribution in [0.4, 0.5) is 0 Å². The summed E-state index contributed by atoms with van der Waals surface area (Å²) in [6.45, 7) is 14.8. The topological polar surface area (TPSA) is 71.1 Å². The van der Waals surface area contributed by atoms with Crippen molar-refractivity contribution in [2.75, 3.05) is 7.11 Å². The molecule has 0 fully saturated rings. The normalized spacial score (nSPS) is 11.7. The molecule has 0 unspecified atom stereocenters. The van der Waals surface area contributed by atoms with Crippen molar-refractivity contribution in [3.05, 3.63) is 255 Å². The van der Waals surface area contributed by atoms with E-state index in [0.717, 1.165) is 44.9 Å². The number of methoxy groups -OCH3 is 1. The molecule has 350 valence electrons. The summed E-state index contributed by atoms with van der Waals surface area (Å²) in [5.74, 6) is 4.77. The molecule has 0 saturated heterocycles. The van der Waals surface area contributed by atoms with Crippen molar-refractivity contribution >= 4 is 23.7 Å². The fraction of sp³-hybridized carbons (Fsp3) is 0.156. The van der Waals surface area contributed by atoms with Gasteiger partial charge in [-0.15, -0.1) is 0 Å². The Balaban J connectivity index is 0.859. The third-order valence-electron chi connectivity index (χ3n) is 12.9. The second-order valence-electron chi connectivity index (χ2n) is 18.4. The van der Waals surface area contributed by atoms with E-state index in [9.17, 15) is 9.59 Å². The average molecular weight is 923 g/mol. The van der Waals surface area contributed by atoms with Gasteiger partial charge in [-0.1, -0.05) is 118 Å². The minimum atomic E-state index is -0.296. The highest BCUT2D eigenvalue weighted by Crippen LogP contribution is 2.39. The predicted molar refractivity (Wildman–Crippen MR) is 284 cm³/mol. The molecule has 8 aromatic carbocycles. The van der Waals surface area contributed by atoms with Crippen LogP contribution in [0.2, 0.25) is 0 Å². The SMILES string of the molecule is C/C=C\c1cc(C(C)(C)c2ccc(Oc3ccc(C(=O)c4ccc(Oc5ccc(C(C)(C)c6ccc(Oc7ccc(C(=O)c8ccc(C)cc8)cc7)cc6)cc5)cc4)cc3)c(/C=C\C)c2)ccc1OC. The molecule has 6 nitrogen and oxygen atoms in total. The Hall–Kier alpha value is -8.22. The highest BCUT2D eigenvalue weighted by Gasteiger charge is 2.26. The lowest BCUT2D eigenvalue weighted by molar-refractivity contribution is 0.103. The molecule has 70 heavy (non-hydrogen) atoms. The Morgan fingerprint density at radius 1 is 0.386 bits per heavy atom. The van der Waals surface area contributed by atoms with E-state index in [1.165, 1.54) is 5.56 Å². The van der Waals surface area contributed by atoms with E-state index in [-0.39, 0.29) is 22.4 Å². The Bertz CT molecular complexity index is 3160. The van der Waals surface area contributed by atoms with Gasteiger partial charge in [-0.2, -0.15) is 0 Å². The maximum absolute atomic E-state index is 13.6. The molecule has 0 N–H and O–H groups in total. The fourth-order valence-corrected chi connectivity index (χ4v) is 8.45. The number of hydrogen-bond acceptors (Lipinski definition) is 6. The minimum Gasteiger partial charge on any atom is -0.496 e. The molecule has 0 saturated carbocycles. The average Bonchev–Trinajstić information content (AvgIpc) is 3.38. The van der Waals surface area contributed by atoms with Crippen LogP contribution >= 0.6 is 0 Å². The van der Waals surface area contributed by atoms with Crippen LogP contribution in [0.25, 0.3) is 12.2 Å². The summed E-state index contributed by atoms with van der Waals surface area (Å²) in [7, 11) is 1.70.